The van der Waals surface area contributed by atoms with Crippen LogP contribution in [0.5, 0.6) is 23.0 Å². The van der Waals surface area contributed by atoms with Crippen LogP contribution in [0.1, 0.15) is 5.56 Å². The van der Waals surface area contributed by atoms with Crippen LogP contribution in [0.2, 0.25) is 0 Å². The Hall–Kier alpha value is -3.22. The van der Waals surface area contributed by atoms with Gasteiger partial charge in [-0.2, -0.15) is 5.10 Å². The summed E-state index contributed by atoms with van der Waals surface area (Å²) in [6, 6.07) is 12.2. The SMILES string of the molecule is COc1ccc(OCC(=O)N/N=C\c2ccc(OC)cc2OC)cc1. The van der Waals surface area contributed by atoms with Gasteiger partial charge in [-0.25, -0.2) is 5.43 Å². The number of rotatable bonds is 8. The number of hydrogen-bond acceptors (Lipinski definition) is 6. The molecule has 2 aromatic rings. The number of methoxy groups -OCH3 is 3. The lowest BCUT2D eigenvalue weighted by Gasteiger charge is -2.07. The second-order valence-electron chi connectivity index (χ2n) is 4.87. The molecule has 0 unspecified atom stereocenters. The first-order valence-electron chi connectivity index (χ1n) is 7.47. The van der Waals surface area contributed by atoms with Gasteiger partial charge in [-0.15, -0.1) is 0 Å². The van der Waals surface area contributed by atoms with Crippen molar-refractivity contribution in [1.82, 2.24) is 5.43 Å². The van der Waals surface area contributed by atoms with Crippen LogP contribution in [0, 0.1) is 0 Å². The highest BCUT2D eigenvalue weighted by atomic mass is 16.5. The van der Waals surface area contributed by atoms with Gasteiger partial charge >= 0.3 is 0 Å². The second kappa shape index (κ2) is 9.17. The standard InChI is InChI=1S/C18H20N2O5/c1-22-14-6-8-15(9-7-14)25-12-18(21)20-19-11-13-4-5-16(23-2)10-17(13)24-3/h4-11H,12H2,1-3H3,(H,20,21)/b19-11-. The fraction of sp³-hybridized carbons (Fsp3) is 0.222. The van der Waals surface area contributed by atoms with Crippen LogP contribution in [0.15, 0.2) is 47.6 Å². The van der Waals surface area contributed by atoms with E-state index in [1.165, 1.54) is 6.21 Å². The van der Waals surface area contributed by atoms with E-state index in [4.69, 9.17) is 18.9 Å². The van der Waals surface area contributed by atoms with E-state index in [1.807, 2.05) is 0 Å². The molecule has 0 spiro atoms. The van der Waals surface area contributed by atoms with E-state index in [-0.39, 0.29) is 12.5 Å². The summed E-state index contributed by atoms with van der Waals surface area (Å²) in [6.07, 6.45) is 1.49. The Labute approximate surface area is 146 Å². The number of benzene rings is 2. The highest BCUT2D eigenvalue weighted by Crippen LogP contribution is 2.23. The number of nitrogens with zero attached hydrogens (tertiary/aromatic N) is 1. The Balaban J connectivity index is 1.85. The fourth-order valence-corrected chi connectivity index (χ4v) is 1.95. The van der Waals surface area contributed by atoms with Gasteiger partial charge in [-0.05, 0) is 36.4 Å². The predicted molar refractivity (Wildman–Crippen MR) is 93.8 cm³/mol. The van der Waals surface area contributed by atoms with E-state index in [9.17, 15) is 4.79 Å². The van der Waals surface area contributed by atoms with Gasteiger partial charge in [0.05, 0.1) is 27.5 Å². The largest absolute Gasteiger partial charge is 0.497 e. The molecule has 7 nitrogen and oxygen atoms in total. The minimum atomic E-state index is -0.375. The van der Waals surface area contributed by atoms with Crippen molar-refractivity contribution in [2.45, 2.75) is 0 Å². The van der Waals surface area contributed by atoms with Crippen molar-refractivity contribution in [1.29, 1.82) is 0 Å². The monoisotopic (exact) mass is 344 g/mol. The summed E-state index contributed by atoms with van der Waals surface area (Å²) in [6.45, 7) is -0.149. The van der Waals surface area contributed by atoms with Crippen LogP contribution in [-0.4, -0.2) is 40.1 Å². The molecule has 0 aliphatic rings. The van der Waals surface area contributed by atoms with Gasteiger partial charge in [0, 0.05) is 11.6 Å². The highest BCUT2D eigenvalue weighted by Gasteiger charge is 2.04. The van der Waals surface area contributed by atoms with Gasteiger partial charge in [0.2, 0.25) is 0 Å². The molecule has 0 heterocycles. The van der Waals surface area contributed by atoms with Crippen molar-refractivity contribution < 1.29 is 23.7 Å². The number of amides is 1. The molecule has 0 aromatic heterocycles. The van der Waals surface area contributed by atoms with Crippen LogP contribution < -0.4 is 24.4 Å². The molecule has 0 atom stereocenters. The molecular formula is C18H20N2O5. The molecule has 0 aliphatic carbocycles. The summed E-state index contributed by atoms with van der Waals surface area (Å²) in [5.41, 5.74) is 3.11. The molecule has 0 bridgehead atoms. The number of hydrogen-bond donors (Lipinski definition) is 1. The quantitative estimate of drug-likeness (QED) is 0.587. The van der Waals surface area contributed by atoms with Gasteiger partial charge in [-0.3, -0.25) is 4.79 Å². The van der Waals surface area contributed by atoms with Crippen molar-refractivity contribution >= 4 is 12.1 Å². The topological polar surface area (TPSA) is 78.4 Å². The van der Waals surface area contributed by atoms with E-state index in [1.54, 1.807) is 63.8 Å². The van der Waals surface area contributed by atoms with Gasteiger partial charge in [0.1, 0.15) is 23.0 Å². The summed E-state index contributed by atoms with van der Waals surface area (Å²) >= 11 is 0. The maximum absolute atomic E-state index is 11.8. The van der Waals surface area contributed by atoms with Gasteiger partial charge < -0.3 is 18.9 Å². The molecule has 132 valence electrons. The van der Waals surface area contributed by atoms with E-state index in [0.717, 1.165) is 5.75 Å². The molecule has 0 saturated heterocycles. The first-order valence-corrected chi connectivity index (χ1v) is 7.47. The Morgan fingerprint density at radius 1 is 0.960 bits per heavy atom. The van der Waals surface area contributed by atoms with Gasteiger partial charge in [0.15, 0.2) is 6.61 Å². The minimum Gasteiger partial charge on any atom is -0.497 e. The summed E-state index contributed by atoms with van der Waals surface area (Å²) in [4.78, 5) is 11.8. The molecule has 25 heavy (non-hydrogen) atoms. The number of nitrogens with one attached hydrogen (secondary N) is 1. The maximum Gasteiger partial charge on any atom is 0.277 e. The molecule has 0 aliphatic heterocycles. The van der Waals surface area contributed by atoms with Crippen LogP contribution in [-0.2, 0) is 4.79 Å². The number of hydrazone groups is 1. The third-order valence-corrected chi connectivity index (χ3v) is 3.26. The number of carbonyl (C=O) groups is 1. The first-order chi connectivity index (χ1) is 12.2. The third-order valence-electron chi connectivity index (χ3n) is 3.26. The zero-order valence-electron chi connectivity index (χ0n) is 14.3. The lowest BCUT2D eigenvalue weighted by atomic mass is 10.2. The van der Waals surface area contributed by atoms with Crippen molar-refractivity contribution in [3.05, 3.63) is 48.0 Å². The normalized spacial score (nSPS) is 10.4. The Morgan fingerprint density at radius 3 is 2.24 bits per heavy atom. The molecule has 2 aromatic carbocycles. The summed E-state index contributed by atoms with van der Waals surface area (Å²) in [7, 11) is 4.71. The summed E-state index contributed by atoms with van der Waals surface area (Å²) < 4.78 is 20.8. The van der Waals surface area contributed by atoms with E-state index >= 15 is 0 Å². The fourth-order valence-electron chi connectivity index (χ4n) is 1.95. The zero-order chi connectivity index (χ0) is 18.1. The second-order valence-corrected chi connectivity index (χ2v) is 4.87. The average Bonchev–Trinajstić information content (AvgIpc) is 2.66. The Morgan fingerprint density at radius 2 is 1.60 bits per heavy atom. The number of carbonyl (C=O) groups excluding carboxylic acids is 1. The highest BCUT2D eigenvalue weighted by molar-refractivity contribution is 5.85. The zero-order valence-corrected chi connectivity index (χ0v) is 14.3. The molecule has 0 saturated carbocycles. The third kappa shape index (κ3) is 5.42. The smallest absolute Gasteiger partial charge is 0.277 e. The summed E-state index contributed by atoms with van der Waals surface area (Å²) in [5.74, 6) is 2.17. The van der Waals surface area contributed by atoms with E-state index in [2.05, 4.69) is 10.5 Å². The van der Waals surface area contributed by atoms with E-state index in [0.29, 0.717) is 22.8 Å². The molecule has 0 radical (unpaired) electrons. The molecular weight excluding hydrogens is 324 g/mol. The Bertz CT molecular complexity index is 729. The molecule has 2 rings (SSSR count). The van der Waals surface area contributed by atoms with Crippen LogP contribution in [0.25, 0.3) is 0 Å². The van der Waals surface area contributed by atoms with Crippen LogP contribution in [0.4, 0.5) is 0 Å². The molecule has 0 fully saturated rings. The van der Waals surface area contributed by atoms with Crippen molar-refractivity contribution in [2.75, 3.05) is 27.9 Å². The van der Waals surface area contributed by atoms with Crippen molar-refractivity contribution in [3.8, 4) is 23.0 Å². The minimum absolute atomic E-state index is 0.149. The number of ether oxygens (including phenoxy) is 4. The average molecular weight is 344 g/mol. The van der Waals surface area contributed by atoms with Crippen LogP contribution in [0.3, 0.4) is 0 Å². The predicted octanol–water partition coefficient (Wildman–Crippen LogP) is 2.24. The Kier molecular flexibility index (Phi) is 6.65. The van der Waals surface area contributed by atoms with E-state index < -0.39 is 0 Å². The van der Waals surface area contributed by atoms with Crippen LogP contribution >= 0.6 is 0 Å². The molecule has 1 N–H and O–H groups in total. The summed E-state index contributed by atoms with van der Waals surface area (Å²) in [5, 5.41) is 3.90. The van der Waals surface area contributed by atoms with Crippen molar-refractivity contribution in [3.63, 3.8) is 0 Å². The first kappa shape index (κ1) is 18.1. The van der Waals surface area contributed by atoms with Crippen molar-refractivity contribution in [2.24, 2.45) is 5.10 Å². The van der Waals surface area contributed by atoms with Gasteiger partial charge in [0.25, 0.3) is 5.91 Å². The lowest BCUT2D eigenvalue weighted by Crippen LogP contribution is -2.24. The molecule has 1 amide bonds. The molecule has 7 heteroatoms. The van der Waals surface area contributed by atoms with Gasteiger partial charge in [-0.1, -0.05) is 0 Å². The lowest BCUT2D eigenvalue weighted by molar-refractivity contribution is -0.123. The maximum atomic E-state index is 11.8.